The maximum atomic E-state index is 11.9. The quantitative estimate of drug-likeness (QED) is 0.711. The Morgan fingerprint density at radius 1 is 1.29 bits per heavy atom. The van der Waals surface area contributed by atoms with E-state index in [-0.39, 0.29) is 24.7 Å². The summed E-state index contributed by atoms with van der Waals surface area (Å²) in [6.07, 6.45) is 2.57. The molecule has 120 valence electrons. The summed E-state index contributed by atoms with van der Waals surface area (Å²) in [5, 5.41) is 15.0. The maximum Gasteiger partial charge on any atom is 0.315 e. The fraction of sp³-hybridized carbons (Fsp3) is 0.857. The molecule has 0 radical (unpaired) electrons. The fourth-order valence-corrected chi connectivity index (χ4v) is 2.84. The average Bonchev–Trinajstić information content (AvgIpc) is 2.46. The van der Waals surface area contributed by atoms with Crippen LogP contribution in [0.4, 0.5) is 4.79 Å². The van der Waals surface area contributed by atoms with Crippen molar-refractivity contribution in [3.05, 3.63) is 0 Å². The van der Waals surface area contributed by atoms with Gasteiger partial charge in [0, 0.05) is 32.4 Å². The van der Waals surface area contributed by atoms with E-state index in [4.69, 9.17) is 9.47 Å². The lowest BCUT2D eigenvalue weighted by atomic mass is 9.80. The number of carboxylic acid groups (broad SMARTS) is 1. The Bertz CT molecular complexity index is 382. The highest BCUT2D eigenvalue weighted by molar-refractivity contribution is 5.78. The van der Waals surface area contributed by atoms with Crippen LogP contribution in [-0.4, -0.2) is 55.6 Å². The number of hydrogen-bond acceptors (Lipinski definition) is 4. The average molecular weight is 300 g/mol. The smallest absolute Gasteiger partial charge is 0.315 e. The lowest BCUT2D eigenvalue weighted by molar-refractivity contribution is -0.154. The van der Waals surface area contributed by atoms with Crippen molar-refractivity contribution in [2.24, 2.45) is 5.41 Å². The molecule has 0 aromatic rings. The number of aliphatic carboxylic acids is 1. The molecule has 0 aliphatic carbocycles. The zero-order valence-electron chi connectivity index (χ0n) is 12.4. The summed E-state index contributed by atoms with van der Waals surface area (Å²) in [7, 11) is 0. The molecular weight excluding hydrogens is 276 g/mol. The zero-order valence-corrected chi connectivity index (χ0v) is 12.4. The van der Waals surface area contributed by atoms with E-state index in [1.54, 1.807) is 0 Å². The third-order valence-electron chi connectivity index (χ3n) is 4.31. The summed E-state index contributed by atoms with van der Waals surface area (Å²) in [4.78, 5) is 23.4. The summed E-state index contributed by atoms with van der Waals surface area (Å²) in [5.74, 6) is -0.870. The number of nitrogens with one attached hydrogen (secondary N) is 2. The van der Waals surface area contributed by atoms with E-state index in [0.29, 0.717) is 32.7 Å². The van der Waals surface area contributed by atoms with Gasteiger partial charge >= 0.3 is 12.0 Å². The van der Waals surface area contributed by atoms with Crippen molar-refractivity contribution in [3.8, 4) is 0 Å². The minimum absolute atomic E-state index is 0.0872. The van der Waals surface area contributed by atoms with E-state index < -0.39 is 11.4 Å². The second kappa shape index (κ2) is 7.09. The van der Waals surface area contributed by atoms with E-state index in [1.165, 1.54) is 0 Å². The molecule has 2 amide bonds. The fourth-order valence-electron chi connectivity index (χ4n) is 2.84. The highest BCUT2D eigenvalue weighted by atomic mass is 16.5. The van der Waals surface area contributed by atoms with Gasteiger partial charge in [0.15, 0.2) is 0 Å². The van der Waals surface area contributed by atoms with Crippen LogP contribution in [0.1, 0.15) is 32.6 Å². The van der Waals surface area contributed by atoms with Crippen molar-refractivity contribution in [1.82, 2.24) is 10.6 Å². The highest BCUT2D eigenvalue weighted by Crippen LogP contribution is 2.30. The number of urea groups is 1. The van der Waals surface area contributed by atoms with E-state index in [0.717, 1.165) is 12.8 Å². The molecule has 2 aliphatic rings. The molecule has 0 aromatic carbocycles. The van der Waals surface area contributed by atoms with Gasteiger partial charge in [-0.1, -0.05) is 0 Å². The van der Waals surface area contributed by atoms with Crippen molar-refractivity contribution in [2.45, 2.75) is 44.8 Å². The number of hydrogen-bond donors (Lipinski definition) is 3. The molecule has 3 N–H and O–H groups in total. The molecule has 7 heteroatoms. The molecule has 2 saturated heterocycles. The van der Waals surface area contributed by atoms with Gasteiger partial charge in [-0.2, -0.15) is 0 Å². The Hall–Kier alpha value is -1.34. The van der Waals surface area contributed by atoms with Crippen LogP contribution in [0, 0.1) is 5.41 Å². The number of ether oxygens (including phenoxy) is 2. The van der Waals surface area contributed by atoms with Gasteiger partial charge < -0.3 is 25.2 Å². The number of amides is 2. The second-order valence-corrected chi connectivity index (χ2v) is 5.93. The van der Waals surface area contributed by atoms with Gasteiger partial charge in [0.05, 0.1) is 11.5 Å². The van der Waals surface area contributed by atoms with Crippen LogP contribution in [0.2, 0.25) is 0 Å². The summed E-state index contributed by atoms with van der Waals surface area (Å²) >= 11 is 0. The molecule has 0 spiro atoms. The molecule has 2 aliphatic heterocycles. The number of carbonyl (C=O) groups is 2. The first-order valence-corrected chi connectivity index (χ1v) is 7.49. The lowest BCUT2D eigenvalue weighted by Gasteiger charge is -2.33. The summed E-state index contributed by atoms with van der Waals surface area (Å²) in [5.41, 5.74) is -0.904. The molecule has 2 unspecified atom stereocenters. The molecule has 21 heavy (non-hydrogen) atoms. The molecule has 2 fully saturated rings. The maximum absolute atomic E-state index is 11.9. The highest BCUT2D eigenvalue weighted by Gasteiger charge is 2.40. The van der Waals surface area contributed by atoms with E-state index in [2.05, 4.69) is 10.6 Å². The Kier molecular flexibility index (Phi) is 5.41. The van der Waals surface area contributed by atoms with Gasteiger partial charge in [-0.25, -0.2) is 4.79 Å². The minimum Gasteiger partial charge on any atom is -0.481 e. The molecule has 0 aromatic heterocycles. The van der Waals surface area contributed by atoms with Crippen molar-refractivity contribution >= 4 is 12.0 Å². The van der Waals surface area contributed by atoms with Crippen LogP contribution in [-0.2, 0) is 14.3 Å². The van der Waals surface area contributed by atoms with Gasteiger partial charge in [0.1, 0.15) is 0 Å². The number of carboxylic acids is 1. The lowest BCUT2D eigenvalue weighted by Crippen LogP contribution is -2.51. The van der Waals surface area contributed by atoms with Crippen LogP contribution in [0.5, 0.6) is 0 Å². The molecule has 0 saturated carbocycles. The summed E-state index contributed by atoms with van der Waals surface area (Å²) < 4.78 is 10.6. The van der Waals surface area contributed by atoms with E-state index >= 15 is 0 Å². The first-order chi connectivity index (χ1) is 10.0. The SMILES string of the molecule is CC1CC(NC(=O)NCC2(C(=O)O)CCOCC2)CCO1. The van der Waals surface area contributed by atoms with Crippen LogP contribution in [0.3, 0.4) is 0 Å². The monoisotopic (exact) mass is 300 g/mol. The Morgan fingerprint density at radius 2 is 2.00 bits per heavy atom. The standard InChI is InChI=1S/C14H24N2O5/c1-10-8-11(2-5-21-10)16-13(19)15-9-14(12(17)18)3-6-20-7-4-14/h10-11H,2-9H2,1H3,(H,17,18)(H2,15,16,19). The summed E-state index contributed by atoms with van der Waals surface area (Å²) in [6.45, 7) is 3.60. The van der Waals surface area contributed by atoms with Gasteiger partial charge in [-0.15, -0.1) is 0 Å². The normalized spacial score (nSPS) is 28.6. The Labute approximate surface area is 124 Å². The Balaban J connectivity index is 1.80. The van der Waals surface area contributed by atoms with Gasteiger partial charge in [0.25, 0.3) is 0 Å². The van der Waals surface area contributed by atoms with Gasteiger partial charge in [0.2, 0.25) is 0 Å². The number of carbonyl (C=O) groups excluding carboxylic acids is 1. The van der Waals surface area contributed by atoms with Gasteiger partial charge in [-0.3, -0.25) is 4.79 Å². The first-order valence-electron chi connectivity index (χ1n) is 7.49. The Morgan fingerprint density at radius 3 is 2.62 bits per heavy atom. The van der Waals surface area contributed by atoms with Crippen LogP contribution in [0.15, 0.2) is 0 Å². The van der Waals surface area contributed by atoms with Crippen LogP contribution >= 0.6 is 0 Å². The molecule has 7 nitrogen and oxygen atoms in total. The predicted molar refractivity (Wildman–Crippen MR) is 75.1 cm³/mol. The van der Waals surface area contributed by atoms with E-state index in [9.17, 15) is 14.7 Å². The van der Waals surface area contributed by atoms with Crippen molar-refractivity contribution < 1.29 is 24.2 Å². The molecule has 2 atom stereocenters. The minimum atomic E-state index is -0.904. The topological polar surface area (TPSA) is 96.9 Å². The largest absolute Gasteiger partial charge is 0.481 e. The van der Waals surface area contributed by atoms with E-state index in [1.807, 2.05) is 6.92 Å². The first kappa shape index (κ1) is 16.0. The zero-order chi connectivity index (χ0) is 15.3. The van der Waals surface area contributed by atoms with Crippen molar-refractivity contribution in [2.75, 3.05) is 26.4 Å². The second-order valence-electron chi connectivity index (χ2n) is 5.93. The van der Waals surface area contributed by atoms with Crippen LogP contribution < -0.4 is 10.6 Å². The molecule has 0 bridgehead atoms. The summed E-state index contributed by atoms with van der Waals surface area (Å²) in [6, 6.07) is -0.217. The van der Waals surface area contributed by atoms with Crippen molar-refractivity contribution in [1.29, 1.82) is 0 Å². The molecule has 2 rings (SSSR count). The molecular formula is C14H24N2O5. The molecule has 2 heterocycles. The van der Waals surface area contributed by atoms with Gasteiger partial charge in [-0.05, 0) is 32.6 Å². The van der Waals surface area contributed by atoms with Crippen LogP contribution in [0.25, 0.3) is 0 Å². The third-order valence-corrected chi connectivity index (χ3v) is 4.31. The van der Waals surface area contributed by atoms with Crippen molar-refractivity contribution in [3.63, 3.8) is 0 Å². The number of rotatable bonds is 4. The predicted octanol–water partition coefficient (Wildman–Crippen LogP) is 0.735. The third kappa shape index (κ3) is 4.31.